The lowest BCUT2D eigenvalue weighted by atomic mass is 9.95. The van der Waals surface area contributed by atoms with E-state index in [0.29, 0.717) is 5.92 Å². The molecule has 0 unspecified atom stereocenters. The number of hydrogen-bond acceptors (Lipinski definition) is 2. The Bertz CT molecular complexity index is 338. The topological polar surface area (TPSA) is 16.1 Å². The van der Waals surface area contributed by atoms with Crippen LogP contribution in [0.4, 0.5) is 10.2 Å². The highest BCUT2D eigenvalue weighted by atomic mass is 19.1. The third-order valence-corrected chi connectivity index (χ3v) is 3.19. The van der Waals surface area contributed by atoms with E-state index in [1.54, 1.807) is 6.07 Å². The van der Waals surface area contributed by atoms with Crippen molar-refractivity contribution in [1.82, 2.24) is 4.98 Å². The van der Waals surface area contributed by atoms with E-state index >= 15 is 0 Å². The van der Waals surface area contributed by atoms with Gasteiger partial charge in [0.1, 0.15) is 5.82 Å². The molecule has 15 heavy (non-hydrogen) atoms. The maximum atomic E-state index is 12.9. The molecule has 0 amide bonds. The molecule has 0 aromatic carbocycles. The van der Waals surface area contributed by atoms with Gasteiger partial charge in [-0.25, -0.2) is 4.98 Å². The first-order valence-corrected chi connectivity index (χ1v) is 5.54. The second-order valence-corrected chi connectivity index (χ2v) is 4.56. The number of hydrogen-bond donors (Lipinski definition) is 0. The Hall–Kier alpha value is -1.12. The standard InChI is InChI=1S/C12H17FN2/c1-9(2)10-6-7-15(8-10)12-5-3-4-11(13)14-12/h3-5,9-10H,6-8H2,1-2H3/t10-/m0/s1. The quantitative estimate of drug-likeness (QED) is 0.695. The van der Waals surface area contributed by atoms with Crippen LogP contribution in [0.25, 0.3) is 0 Å². The van der Waals surface area contributed by atoms with Crippen LogP contribution in [0, 0.1) is 17.8 Å². The molecule has 1 aliphatic rings. The van der Waals surface area contributed by atoms with E-state index < -0.39 is 0 Å². The summed E-state index contributed by atoms with van der Waals surface area (Å²) in [6, 6.07) is 4.99. The van der Waals surface area contributed by atoms with Gasteiger partial charge in [0.15, 0.2) is 0 Å². The van der Waals surface area contributed by atoms with E-state index in [0.717, 1.165) is 24.8 Å². The first kappa shape index (κ1) is 10.4. The molecule has 2 nitrogen and oxygen atoms in total. The van der Waals surface area contributed by atoms with Crippen molar-refractivity contribution in [3.8, 4) is 0 Å². The average molecular weight is 208 g/mol. The van der Waals surface area contributed by atoms with Crippen molar-refractivity contribution in [3.63, 3.8) is 0 Å². The predicted molar refractivity (Wildman–Crippen MR) is 59.4 cm³/mol. The van der Waals surface area contributed by atoms with E-state index in [1.165, 1.54) is 12.5 Å². The second kappa shape index (κ2) is 4.17. The minimum Gasteiger partial charge on any atom is -0.356 e. The van der Waals surface area contributed by atoms with Crippen molar-refractivity contribution in [2.24, 2.45) is 11.8 Å². The van der Waals surface area contributed by atoms with Gasteiger partial charge in [-0.1, -0.05) is 19.9 Å². The largest absolute Gasteiger partial charge is 0.356 e. The molecule has 0 N–H and O–H groups in total. The van der Waals surface area contributed by atoms with Crippen LogP contribution in [-0.4, -0.2) is 18.1 Å². The summed E-state index contributed by atoms with van der Waals surface area (Å²) in [6.45, 7) is 6.49. The van der Waals surface area contributed by atoms with Gasteiger partial charge in [-0.3, -0.25) is 0 Å². The molecular formula is C12H17FN2. The predicted octanol–water partition coefficient (Wildman–Crippen LogP) is 2.70. The molecule has 1 aromatic heterocycles. The first-order valence-electron chi connectivity index (χ1n) is 5.54. The van der Waals surface area contributed by atoms with Crippen molar-refractivity contribution in [3.05, 3.63) is 24.1 Å². The zero-order valence-electron chi connectivity index (χ0n) is 9.28. The highest BCUT2D eigenvalue weighted by Gasteiger charge is 2.25. The molecule has 1 atom stereocenters. The molecule has 1 saturated heterocycles. The van der Waals surface area contributed by atoms with E-state index in [4.69, 9.17) is 0 Å². The van der Waals surface area contributed by atoms with Gasteiger partial charge in [0.25, 0.3) is 0 Å². The third-order valence-electron chi connectivity index (χ3n) is 3.19. The van der Waals surface area contributed by atoms with Crippen molar-refractivity contribution in [1.29, 1.82) is 0 Å². The molecular weight excluding hydrogens is 191 g/mol. The highest BCUT2D eigenvalue weighted by molar-refractivity contribution is 5.39. The molecule has 0 saturated carbocycles. The molecule has 82 valence electrons. The van der Waals surface area contributed by atoms with Crippen LogP contribution in [0.1, 0.15) is 20.3 Å². The maximum absolute atomic E-state index is 12.9. The van der Waals surface area contributed by atoms with Crippen LogP contribution in [-0.2, 0) is 0 Å². The van der Waals surface area contributed by atoms with Crippen molar-refractivity contribution >= 4 is 5.82 Å². The average Bonchev–Trinajstić information content (AvgIpc) is 2.66. The number of anilines is 1. The number of rotatable bonds is 2. The molecule has 0 spiro atoms. The lowest BCUT2D eigenvalue weighted by molar-refractivity contribution is 0.422. The van der Waals surface area contributed by atoms with Crippen molar-refractivity contribution in [2.45, 2.75) is 20.3 Å². The van der Waals surface area contributed by atoms with Gasteiger partial charge >= 0.3 is 0 Å². The number of aromatic nitrogens is 1. The SMILES string of the molecule is CC(C)[C@H]1CCN(c2cccc(F)n2)C1. The fraction of sp³-hybridized carbons (Fsp3) is 0.583. The molecule has 0 aliphatic carbocycles. The normalized spacial score (nSPS) is 21.3. The molecule has 2 rings (SSSR count). The second-order valence-electron chi connectivity index (χ2n) is 4.56. The fourth-order valence-corrected chi connectivity index (χ4v) is 2.11. The summed E-state index contributed by atoms with van der Waals surface area (Å²) in [6.07, 6.45) is 1.19. The Morgan fingerprint density at radius 1 is 1.47 bits per heavy atom. The Kier molecular flexibility index (Phi) is 2.89. The molecule has 3 heteroatoms. The zero-order chi connectivity index (χ0) is 10.8. The van der Waals surface area contributed by atoms with Gasteiger partial charge in [0.05, 0.1) is 0 Å². The van der Waals surface area contributed by atoms with E-state index in [9.17, 15) is 4.39 Å². The van der Waals surface area contributed by atoms with Crippen molar-refractivity contribution in [2.75, 3.05) is 18.0 Å². The van der Waals surface area contributed by atoms with Crippen LogP contribution in [0.2, 0.25) is 0 Å². The summed E-state index contributed by atoms with van der Waals surface area (Å²) < 4.78 is 12.9. The fourth-order valence-electron chi connectivity index (χ4n) is 2.11. The highest BCUT2D eigenvalue weighted by Crippen LogP contribution is 2.26. The molecule has 1 fully saturated rings. The Balaban J connectivity index is 2.08. The Labute approximate surface area is 90.1 Å². The molecule has 1 aromatic rings. The minimum atomic E-state index is -0.388. The number of halogens is 1. The van der Waals surface area contributed by atoms with Gasteiger partial charge < -0.3 is 4.90 Å². The molecule has 0 bridgehead atoms. The summed E-state index contributed by atoms with van der Waals surface area (Å²) in [5, 5.41) is 0. The lowest BCUT2D eigenvalue weighted by Crippen LogP contribution is -2.22. The van der Waals surface area contributed by atoms with Gasteiger partial charge in [0, 0.05) is 13.1 Å². The van der Waals surface area contributed by atoms with Crippen LogP contribution in [0.5, 0.6) is 0 Å². The van der Waals surface area contributed by atoms with E-state index in [2.05, 4.69) is 23.7 Å². The van der Waals surface area contributed by atoms with Gasteiger partial charge in [-0.2, -0.15) is 4.39 Å². The summed E-state index contributed by atoms with van der Waals surface area (Å²) in [5.74, 6) is 1.80. The Morgan fingerprint density at radius 2 is 2.27 bits per heavy atom. The summed E-state index contributed by atoms with van der Waals surface area (Å²) in [7, 11) is 0. The molecule has 0 radical (unpaired) electrons. The van der Waals surface area contributed by atoms with Crippen LogP contribution >= 0.6 is 0 Å². The van der Waals surface area contributed by atoms with E-state index in [1.807, 2.05) is 6.07 Å². The van der Waals surface area contributed by atoms with Gasteiger partial charge in [-0.05, 0) is 30.4 Å². The number of nitrogens with zero attached hydrogens (tertiary/aromatic N) is 2. The molecule has 2 heterocycles. The van der Waals surface area contributed by atoms with Crippen LogP contribution in [0.3, 0.4) is 0 Å². The van der Waals surface area contributed by atoms with E-state index in [-0.39, 0.29) is 5.95 Å². The first-order chi connectivity index (χ1) is 7.16. The zero-order valence-corrected chi connectivity index (χ0v) is 9.28. The lowest BCUT2D eigenvalue weighted by Gasteiger charge is -2.18. The third kappa shape index (κ3) is 2.28. The molecule has 1 aliphatic heterocycles. The summed E-state index contributed by atoms with van der Waals surface area (Å²) in [5.41, 5.74) is 0. The minimum absolute atomic E-state index is 0.388. The van der Waals surface area contributed by atoms with Crippen molar-refractivity contribution < 1.29 is 4.39 Å². The summed E-state index contributed by atoms with van der Waals surface area (Å²) >= 11 is 0. The van der Waals surface area contributed by atoms with Crippen LogP contribution < -0.4 is 4.90 Å². The summed E-state index contributed by atoms with van der Waals surface area (Å²) in [4.78, 5) is 6.08. The number of pyridine rings is 1. The maximum Gasteiger partial charge on any atom is 0.214 e. The van der Waals surface area contributed by atoms with Gasteiger partial charge in [0.2, 0.25) is 5.95 Å². The smallest absolute Gasteiger partial charge is 0.214 e. The Morgan fingerprint density at radius 3 is 2.87 bits per heavy atom. The van der Waals surface area contributed by atoms with Crippen LogP contribution in [0.15, 0.2) is 18.2 Å². The monoisotopic (exact) mass is 208 g/mol. The van der Waals surface area contributed by atoms with Gasteiger partial charge in [-0.15, -0.1) is 0 Å².